The lowest BCUT2D eigenvalue weighted by Crippen LogP contribution is -2.10. The van der Waals surface area contributed by atoms with Crippen molar-refractivity contribution in [3.63, 3.8) is 0 Å². The number of para-hydroxylation sites is 9. The summed E-state index contributed by atoms with van der Waals surface area (Å²) in [5.41, 5.74) is 30.6. The third-order valence-electron chi connectivity index (χ3n) is 28.7. The highest BCUT2D eigenvalue weighted by atomic mass is 15.2. The number of anilines is 9. The first kappa shape index (κ1) is 85.3. The molecule has 0 fully saturated rings. The molecule has 6 heteroatoms. The monoisotopic (exact) mass is 1830 g/mol. The van der Waals surface area contributed by atoms with E-state index in [1.54, 1.807) is 0 Å². The van der Waals surface area contributed by atoms with Gasteiger partial charge in [0.25, 0.3) is 0 Å². The molecule has 0 unspecified atom stereocenters. The van der Waals surface area contributed by atoms with Crippen molar-refractivity contribution < 1.29 is 0 Å². The molecule has 0 amide bonds. The Kier molecular flexibility index (Phi) is 21.9. The number of rotatable bonds is 16. The van der Waals surface area contributed by atoms with E-state index >= 15 is 0 Å². The molecular formula is C138H94N6. The zero-order valence-corrected chi connectivity index (χ0v) is 79.0. The van der Waals surface area contributed by atoms with Gasteiger partial charge in [-0.15, -0.1) is 0 Å². The van der Waals surface area contributed by atoms with Crippen molar-refractivity contribution in [2.75, 3.05) is 14.7 Å². The summed E-state index contributed by atoms with van der Waals surface area (Å²) in [6, 6.07) is 206. The predicted octanol–water partition coefficient (Wildman–Crippen LogP) is 38.3. The number of nitrogens with zero attached hydrogens (tertiary/aromatic N) is 6. The molecule has 0 aliphatic rings. The number of hydrogen-bond donors (Lipinski definition) is 0. The van der Waals surface area contributed by atoms with Gasteiger partial charge in [-0.25, -0.2) is 0 Å². The molecule has 3 heterocycles. The third kappa shape index (κ3) is 15.8. The van der Waals surface area contributed by atoms with Crippen LogP contribution >= 0.6 is 0 Å². The second-order valence-electron chi connectivity index (χ2n) is 37.1. The molecule has 0 atom stereocenters. The minimum absolute atomic E-state index is 1.11. The van der Waals surface area contributed by atoms with Crippen molar-refractivity contribution in [2.24, 2.45) is 0 Å². The standard InChI is InChI=1S/C50H34N2.2C44H30N2/c1-2-14-40(15-3-1)51(41-28-24-36(25-29-41)39-23-22-35-12-4-5-13-38(35)34-39)50-33-32-43(44-16-6-7-17-45(44)50)37-26-30-42(31-27-37)52-48-20-10-8-18-46(48)47-19-9-11-21-49(47)52;1-2-14-36(15-3-1)45(37-25-23-32(24-26-37)34-22-21-31-11-4-5-12-33(31)29-34)38-27-28-39-35(30-38)13-10-20-42(39)46-43-18-8-6-16-40(43)41-17-7-9-19-44(41)46;1-2-12-37(13-3-1)45(38-24-20-32(21-25-38)34-19-18-31-10-4-5-11-33(31)28-34)39-26-22-36-30-40(27-23-35(36)29-39)46-43-16-8-6-14-41(43)42-15-7-9-17-44(42)46/h1-34H;2*1-30H. The Morgan fingerprint density at radius 2 is 0.403 bits per heavy atom. The van der Waals surface area contributed by atoms with Crippen LogP contribution in [0.2, 0.25) is 0 Å². The molecule has 0 saturated carbocycles. The number of hydrogen-bond acceptors (Lipinski definition) is 3. The van der Waals surface area contributed by atoms with Gasteiger partial charge in [-0.2, -0.15) is 0 Å². The van der Waals surface area contributed by atoms with Gasteiger partial charge in [0.15, 0.2) is 0 Å². The summed E-state index contributed by atoms with van der Waals surface area (Å²) in [4.78, 5) is 7.06. The van der Waals surface area contributed by atoms with Gasteiger partial charge in [0.1, 0.15) is 0 Å². The lowest BCUT2D eigenvalue weighted by Gasteiger charge is -2.27. The molecule has 0 aliphatic carbocycles. The van der Waals surface area contributed by atoms with Gasteiger partial charge in [-0.3, -0.25) is 0 Å². The highest BCUT2D eigenvalue weighted by molar-refractivity contribution is 6.14. The van der Waals surface area contributed by atoms with E-state index in [1.165, 1.54) is 186 Å². The van der Waals surface area contributed by atoms with Crippen LogP contribution in [-0.2, 0) is 0 Å². The average Bonchev–Trinajstić information content (AvgIpc) is 1.63. The van der Waals surface area contributed by atoms with Crippen molar-refractivity contribution in [1.29, 1.82) is 0 Å². The van der Waals surface area contributed by atoms with Gasteiger partial charge in [-0.1, -0.05) is 382 Å². The van der Waals surface area contributed by atoms with Crippen molar-refractivity contribution in [1.82, 2.24) is 13.7 Å². The Morgan fingerprint density at radius 1 is 0.125 bits per heavy atom. The highest BCUT2D eigenvalue weighted by Crippen LogP contribution is 2.48. The first-order chi connectivity index (χ1) is 71.4. The third-order valence-corrected chi connectivity index (χ3v) is 28.7. The van der Waals surface area contributed by atoms with Crippen LogP contribution in [0.3, 0.4) is 0 Å². The van der Waals surface area contributed by atoms with Crippen molar-refractivity contribution >= 4 is 181 Å². The van der Waals surface area contributed by atoms with E-state index in [2.05, 4.69) is 599 Å². The minimum Gasteiger partial charge on any atom is -0.310 e. The van der Waals surface area contributed by atoms with E-state index in [1.807, 2.05) is 0 Å². The normalized spacial score (nSPS) is 11.5. The molecule has 144 heavy (non-hydrogen) atoms. The Bertz CT molecular complexity index is 9550. The van der Waals surface area contributed by atoms with Gasteiger partial charge in [0.2, 0.25) is 0 Å². The smallest absolute Gasteiger partial charge is 0.0541 e. The van der Waals surface area contributed by atoms with E-state index < -0.39 is 0 Å². The van der Waals surface area contributed by atoms with Gasteiger partial charge in [-0.05, 0) is 286 Å². The van der Waals surface area contributed by atoms with Crippen LogP contribution in [-0.4, -0.2) is 13.7 Å². The topological polar surface area (TPSA) is 24.5 Å². The zero-order valence-electron chi connectivity index (χ0n) is 79.0. The van der Waals surface area contributed by atoms with Gasteiger partial charge in [0.05, 0.1) is 44.5 Å². The first-order valence-corrected chi connectivity index (χ1v) is 49.4. The van der Waals surface area contributed by atoms with E-state index in [9.17, 15) is 0 Å². The molecule has 28 aromatic rings. The van der Waals surface area contributed by atoms with Crippen LogP contribution in [0.15, 0.2) is 570 Å². The van der Waals surface area contributed by atoms with Crippen molar-refractivity contribution in [3.05, 3.63) is 570 Å². The maximum atomic E-state index is 2.41. The van der Waals surface area contributed by atoms with Crippen LogP contribution < -0.4 is 14.7 Å². The van der Waals surface area contributed by atoms with Gasteiger partial charge in [0, 0.05) is 100.0 Å². The van der Waals surface area contributed by atoms with E-state index in [0.29, 0.717) is 0 Å². The second kappa shape index (κ2) is 37.0. The predicted molar refractivity (Wildman–Crippen MR) is 613 cm³/mol. The molecule has 676 valence electrons. The molecule has 0 aliphatic heterocycles. The zero-order chi connectivity index (χ0) is 95.3. The Morgan fingerprint density at radius 3 is 0.833 bits per heavy atom. The number of aromatic nitrogens is 3. The summed E-state index contributed by atoms with van der Waals surface area (Å²) >= 11 is 0. The Hall–Kier alpha value is -19.1. The molecule has 3 aromatic heterocycles. The summed E-state index contributed by atoms with van der Waals surface area (Å²) in [5.74, 6) is 0. The molecule has 0 spiro atoms. The number of fused-ring (bicyclic) bond motifs is 15. The SMILES string of the molecule is c1ccc(N(c2ccc(-c3ccc4ccccc4c3)cc2)c2ccc(-c3ccc(-n4c5ccccc5c5ccccc54)cc3)c3ccccc23)cc1.c1ccc(N(c2ccc(-c3ccc4ccccc4c3)cc2)c2ccc3c(-n4c5ccccc5c5ccccc54)cccc3c2)cc1.c1ccc(N(c2ccc(-c3ccc4ccccc4c3)cc2)c2ccc3cc(-n4c5ccccc5c5ccccc54)ccc3c2)cc1. The van der Waals surface area contributed by atoms with E-state index in [-0.39, 0.29) is 0 Å². The maximum Gasteiger partial charge on any atom is 0.0541 e. The number of benzene rings is 25. The largest absolute Gasteiger partial charge is 0.310 e. The highest BCUT2D eigenvalue weighted by Gasteiger charge is 2.24. The summed E-state index contributed by atoms with van der Waals surface area (Å²) in [6.07, 6.45) is 0. The summed E-state index contributed by atoms with van der Waals surface area (Å²) in [7, 11) is 0. The lowest BCUT2D eigenvalue weighted by atomic mass is 9.96. The van der Waals surface area contributed by atoms with Crippen molar-refractivity contribution in [2.45, 2.75) is 0 Å². The van der Waals surface area contributed by atoms with Crippen LogP contribution in [0.1, 0.15) is 0 Å². The molecule has 6 nitrogen and oxygen atoms in total. The lowest BCUT2D eigenvalue weighted by molar-refractivity contribution is 1.18. The molecule has 0 saturated heterocycles. The second-order valence-corrected chi connectivity index (χ2v) is 37.1. The fourth-order valence-electron chi connectivity index (χ4n) is 21.8. The van der Waals surface area contributed by atoms with Crippen LogP contribution in [0, 0.1) is 0 Å². The minimum atomic E-state index is 1.11. The average molecular weight is 1840 g/mol. The summed E-state index contributed by atoms with van der Waals surface area (Å²) in [6.45, 7) is 0. The quantitative estimate of drug-likeness (QED) is 0.0964. The Labute approximate surface area is 835 Å². The molecule has 0 N–H and O–H groups in total. The molecular weight excluding hydrogens is 1740 g/mol. The molecule has 0 bridgehead atoms. The van der Waals surface area contributed by atoms with Crippen LogP contribution in [0.5, 0.6) is 0 Å². The van der Waals surface area contributed by atoms with Gasteiger partial charge >= 0.3 is 0 Å². The molecule has 28 rings (SSSR count). The van der Waals surface area contributed by atoms with Gasteiger partial charge < -0.3 is 28.4 Å². The van der Waals surface area contributed by atoms with E-state index in [0.717, 1.165) is 56.9 Å². The first-order valence-electron chi connectivity index (χ1n) is 49.4. The Balaban J connectivity index is 0.000000110. The van der Waals surface area contributed by atoms with Crippen LogP contribution in [0.4, 0.5) is 51.2 Å². The fraction of sp³-hybridized carbons (Fsp3) is 0. The summed E-state index contributed by atoms with van der Waals surface area (Å²) < 4.78 is 7.16. The fourth-order valence-corrected chi connectivity index (χ4v) is 21.8. The summed E-state index contributed by atoms with van der Waals surface area (Å²) in [5, 5.41) is 22.4. The van der Waals surface area contributed by atoms with Crippen LogP contribution in [0.25, 0.3) is 192 Å². The maximum absolute atomic E-state index is 2.41. The molecule has 25 aromatic carbocycles. The molecule has 0 radical (unpaired) electrons. The van der Waals surface area contributed by atoms with E-state index in [4.69, 9.17) is 0 Å². The van der Waals surface area contributed by atoms with Crippen molar-refractivity contribution in [3.8, 4) is 61.6 Å².